The number of aryl methyl sites for hydroxylation is 1. The lowest BCUT2D eigenvalue weighted by molar-refractivity contribution is -0.137. The predicted molar refractivity (Wildman–Crippen MR) is 103 cm³/mol. The van der Waals surface area contributed by atoms with Crippen molar-refractivity contribution in [2.24, 2.45) is 0 Å². The maximum Gasteiger partial charge on any atom is 0.308 e. The summed E-state index contributed by atoms with van der Waals surface area (Å²) >= 11 is 3.26. The van der Waals surface area contributed by atoms with Gasteiger partial charge in [-0.1, -0.05) is 15.9 Å². The summed E-state index contributed by atoms with van der Waals surface area (Å²) < 4.78 is 10.8. The van der Waals surface area contributed by atoms with Crippen LogP contribution in [0.3, 0.4) is 0 Å². The molecule has 28 heavy (non-hydrogen) atoms. The summed E-state index contributed by atoms with van der Waals surface area (Å²) in [6.07, 6.45) is -0.112. The molecule has 0 aromatic heterocycles. The van der Waals surface area contributed by atoms with Crippen molar-refractivity contribution in [1.29, 1.82) is 0 Å². The number of carboxylic acid groups (broad SMARTS) is 1. The molecule has 0 radical (unpaired) electrons. The molecule has 0 heterocycles. The third-order valence-electron chi connectivity index (χ3n) is 3.63. The lowest BCUT2D eigenvalue weighted by Crippen LogP contribution is -2.10. The highest BCUT2D eigenvalue weighted by Crippen LogP contribution is 2.29. The summed E-state index contributed by atoms with van der Waals surface area (Å²) in [6.45, 7) is 2.46. The first-order valence-corrected chi connectivity index (χ1v) is 9.02. The van der Waals surface area contributed by atoms with E-state index in [0.29, 0.717) is 10.0 Å². The number of ketones is 1. The summed E-state index contributed by atoms with van der Waals surface area (Å²) in [5.74, 6) is -2.27. The zero-order valence-corrected chi connectivity index (χ0v) is 16.7. The molecule has 0 saturated heterocycles. The standard InChI is InChI=1S/C20H17BrO7/c1-11(22)27-17-7-3-14(9-13(17)4-8-19(24)25)20(26)16-6-5-15(21)10-18(16)28-12(2)23/h3,5-7,9-10H,4,8H2,1-2H3,(H,24,25). The van der Waals surface area contributed by atoms with Gasteiger partial charge in [0.1, 0.15) is 11.5 Å². The van der Waals surface area contributed by atoms with Crippen LogP contribution < -0.4 is 9.47 Å². The number of ether oxygens (including phenoxy) is 2. The summed E-state index contributed by atoms with van der Waals surface area (Å²) in [6, 6.07) is 9.04. The van der Waals surface area contributed by atoms with Crippen LogP contribution in [0.2, 0.25) is 0 Å². The SMILES string of the molecule is CC(=O)Oc1ccc(C(=O)c2ccc(Br)cc2OC(C)=O)cc1CCC(=O)O. The molecule has 0 aliphatic heterocycles. The maximum absolute atomic E-state index is 13.0. The van der Waals surface area contributed by atoms with Gasteiger partial charge >= 0.3 is 17.9 Å². The van der Waals surface area contributed by atoms with Gasteiger partial charge < -0.3 is 14.6 Å². The molecule has 7 nitrogen and oxygen atoms in total. The first-order chi connectivity index (χ1) is 13.2. The molecule has 0 aliphatic carbocycles. The molecule has 0 saturated carbocycles. The second-order valence-electron chi connectivity index (χ2n) is 5.87. The molecule has 0 unspecified atom stereocenters. The van der Waals surface area contributed by atoms with Crippen LogP contribution in [0.5, 0.6) is 11.5 Å². The Kier molecular flexibility index (Phi) is 7.06. The van der Waals surface area contributed by atoms with E-state index >= 15 is 0 Å². The van der Waals surface area contributed by atoms with Crippen molar-refractivity contribution in [3.05, 3.63) is 57.6 Å². The average molecular weight is 449 g/mol. The minimum Gasteiger partial charge on any atom is -0.481 e. The molecule has 2 aromatic carbocycles. The van der Waals surface area contributed by atoms with E-state index in [-0.39, 0.29) is 35.5 Å². The van der Waals surface area contributed by atoms with Gasteiger partial charge in [0.2, 0.25) is 0 Å². The molecule has 0 atom stereocenters. The van der Waals surface area contributed by atoms with Gasteiger partial charge in [0.05, 0.1) is 5.56 Å². The van der Waals surface area contributed by atoms with Gasteiger partial charge in [0, 0.05) is 30.3 Å². The normalized spacial score (nSPS) is 10.2. The Bertz CT molecular complexity index is 950. The molecule has 0 amide bonds. The highest BCUT2D eigenvalue weighted by Gasteiger charge is 2.19. The number of carbonyl (C=O) groups excluding carboxylic acids is 3. The number of benzene rings is 2. The quantitative estimate of drug-likeness (QED) is 0.391. The van der Waals surface area contributed by atoms with Crippen LogP contribution in [0.1, 0.15) is 41.8 Å². The fourth-order valence-corrected chi connectivity index (χ4v) is 2.83. The number of hydrogen-bond acceptors (Lipinski definition) is 6. The third kappa shape index (κ3) is 5.75. The number of carboxylic acids is 1. The Morgan fingerprint density at radius 2 is 1.57 bits per heavy atom. The average Bonchev–Trinajstić information content (AvgIpc) is 2.59. The zero-order valence-electron chi connectivity index (χ0n) is 15.2. The lowest BCUT2D eigenvalue weighted by Gasteiger charge is -2.12. The summed E-state index contributed by atoms with van der Waals surface area (Å²) in [5, 5.41) is 8.92. The number of rotatable bonds is 7. The Morgan fingerprint density at radius 1 is 0.929 bits per heavy atom. The second kappa shape index (κ2) is 9.27. The van der Waals surface area contributed by atoms with E-state index in [9.17, 15) is 19.2 Å². The van der Waals surface area contributed by atoms with Gasteiger partial charge in [-0.25, -0.2) is 0 Å². The van der Waals surface area contributed by atoms with Crippen LogP contribution in [0, 0.1) is 0 Å². The minimum absolute atomic E-state index is 0.0796. The van der Waals surface area contributed by atoms with Gasteiger partial charge in [-0.05, 0) is 48.4 Å². The summed E-state index contributed by atoms with van der Waals surface area (Å²) in [5.41, 5.74) is 0.824. The number of esters is 2. The largest absolute Gasteiger partial charge is 0.481 e. The molecule has 0 fully saturated rings. The van der Waals surface area contributed by atoms with Crippen LogP contribution in [0.4, 0.5) is 0 Å². The van der Waals surface area contributed by atoms with E-state index in [1.807, 2.05) is 0 Å². The van der Waals surface area contributed by atoms with Gasteiger partial charge in [-0.15, -0.1) is 0 Å². The Hall–Kier alpha value is -3.00. The van der Waals surface area contributed by atoms with Crippen LogP contribution in [-0.4, -0.2) is 28.8 Å². The fraction of sp³-hybridized carbons (Fsp3) is 0.200. The van der Waals surface area contributed by atoms with Crippen molar-refractivity contribution in [2.75, 3.05) is 0 Å². The van der Waals surface area contributed by atoms with Crippen molar-refractivity contribution < 1.29 is 33.8 Å². The number of halogens is 1. The Labute approximate surface area is 169 Å². The molecule has 8 heteroatoms. The van der Waals surface area contributed by atoms with Gasteiger partial charge in [0.25, 0.3) is 0 Å². The van der Waals surface area contributed by atoms with Crippen LogP contribution in [0.15, 0.2) is 40.9 Å². The van der Waals surface area contributed by atoms with E-state index in [2.05, 4.69) is 15.9 Å². The highest BCUT2D eigenvalue weighted by molar-refractivity contribution is 9.10. The van der Waals surface area contributed by atoms with Crippen LogP contribution in [0.25, 0.3) is 0 Å². The van der Waals surface area contributed by atoms with Crippen molar-refractivity contribution in [2.45, 2.75) is 26.7 Å². The summed E-state index contributed by atoms with van der Waals surface area (Å²) in [7, 11) is 0. The third-order valence-corrected chi connectivity index (χ3v) is 4.12. The highest BCUT2D eigenvalue weighted by atomic mass is 79.9. The smallest absolute Gasteiger partial charge is 0.308 e. The number of hydrogen-bond donors (Lipinski definition) is 1. The first kappa shape index (κ1) is 21.3. The number of aliphatic carboxylic acids is 1. The first-order valence-electron chi connectivity index (χ1n) is 8.23. The van der Waals surface area contributed by atoms with Crippen LogP contribution >= 0.6 is 15.9 Å². The van der Waals surface area contributed by atoms with Crippen molar-refractivity contribution in [3.8, 4) is 11.5 Å². The Balaban J connectivity index is 2.45. The minimum atomic E-state index is -1.02. The van der Waals surface area contributed by atoms with Gasteiger partial charge in [0.15, 0.2) is 5.78 Å². The molecule has 2 aromatic rings. The molecule has 1 N–H and O–H groups in total. The molecule has 2 rings (SSSR count). The van der Waals surface area contributed by atoms with Crippen molar-refractivity contribution in [3.63, 3.8) is 0 Å². The Morgan fingerprint density at radius 3 is 2.18 bits per heavy atom. The van der Waals surface area contributed by atoms with E-state index in [0.717, 1.165) is 0 Å². The van der Waals surface area contributed by atoms with E-state index in [4.69, 9.17) is 14.6 Å². The topological polar surface area (TPSA) is 107 Å². The van der Waals surface area contributed by atoms with E-state index in [1.165, 1.54) is 44.2 Å². The molecule has 146 valence electrons. The number of carbonyl (C=O) groups is 4. The van der Waals surface area contributed by atoms with Gasteiger partial charge in [-0.3, -0.25) is 19.2 Å². The van der Waals surface area contributed by atoms with Crippen molar-refractivity contribution >= 4 is 39.6 Å². The van der Waals surface area contributed by atoms with E-state index < -0.39 is 23.7 Å². The predicted octanol–water partition coefficient (Wildman–Crippen LogP) is 3.55. The van der Waals surface area contributed by atoms with Crippen molar-refractivity contribution in [1.82, 2.24) is 0 Å². The second-order valence-corrected chi connectivity index (χ2v) is 6.79. The van der Waals surface area contributed by atoms with E-state index in [1.54, 1.807) is 6.07 Å². The lowest BCUT2D eigenvalue weighted by atomic mass is 9.98. The maximum atomic E-state index is 13.0. The molecule has 0 spiro atoms. The zero-order chi connectivity index (χ0) is 20.8. The molecule has 0 aliphatic rings. The van der Waals surface area contributed by atoms with Crippen LogP contribution in [-0.2, 0) is 20.8 Å². The monoisotopic (exact) mass is 448 g/mol. The molecular formula is C20H17BrO7. The summed E-state index contributed by atoms with van der Waals surface area (Å²) in [4.78, 5) is 46.4. The molecule has 0 bridgehead atoms. The fourth-order valence-electron chi connectivity index (χ4n) is 2.49. The molecular weight excluding hydrogens is 432 g/mol. The van der Waals surface area contributed by atoms with Gasteiger partial charge in [-0.2, -0.15) is 0 Å².